The van der Waals surface area contributed by atoms with E-state index >= 15 is 0 Å². The van der Waals surface area contributed by atoms with Gasteiger partial charge in [0.25, 0.3) is 0 Å². The Bertz CT molecular complexity index is 1110. The van der Waals surface area contributed by atoms with Gasteiger partial charge in [0, 0.05) is 16.0 Å². The van der Waals surface area contributed by atoms with Crippen molar-refractivity contribution in [3.8, 4) is 22.8 Å². The maximum Gasteiger partial charge on any atom is 0.226 e. The summed E-state index contributed by atoms with van der Waals surface area (Å²) in [6, 6.07) is 13.5. The lowest BCUT2D eigenvalue weighted by Crippen LogP contribution is -2.10. The Kier molecular flexibility index (Phi) is 5.67. The number of hydrogen-bond acceptors (Lipinski definition) is 5. The van der Waals surface area contributed by atoms with E-state index in [9.17, 15) is 0 Å². The third-order valence-corrected chi connectivity index (χ3v) is 5.59. The Balaban J connectivity index is 1.51. The van der Waals surface area contributed by atoms with Crippen LogP contribution in [0.1, 0.15) is 5.56 Å². The van der Waals surface area contributed by atoms with Crippen LogP contribution in [0.2, 0.25) is 10.0 Å². The van der Waals surface area contributed by atoms with Gasteiger partial charge in [-0.25, -0.2) is 9.97 Å². The van der Waals surface area contributed by atoms with Crippen LogP contribution in [0.15, 0.2) is 54.2 Å². The molecule has 0 N–H and O–H groups in total. The molecule has 0 bridgehead atoms. The molecule has 142 valence electrons. The van der Waals surface area contributed by atoms with Crippen LogP contribution in [0, 0.1) is 6.92 Å². The molecule has 0 fully saturated rings. The van der Waals surface area contributed by atoms with Crippen molar-refractivity contribution in [2.24, 2.45) is 0 Å². The maximum atomic E-state index is 6.12. The molecule has 2 aromatic carbocycles. The van der Waals surface area contributed by atoms with E-state index in [4.69, 9.17) is 32.7 Å². The quantitative estimate of drug-likeness (QED) is 0.330. The van der Waals surface area contributed by atoms with Gasteiger partial charge in [-0.05, 0) is 30.7 Å². The molecule has 0 saturated carbocycles. The minimum atomic E-state index is 0.328. The number of fused-ring (bicyclic) bond motifs is 1. The van der Waals surface area contributed by atoms with E-state index in [1.54, 1.807) is 29.5 Å². The summed E-state index contributed by atoms with van der Waals surface area (Å²) >= 11 is 13.6. The third kappa shape index (κ3) is 4.07. The molecule has 7 heteroatoms. The van der Waals surface area contributed by atoms with Crippen LogP contribution in [0.5, 0.6) is 11.6 Å². The first kappa shape index (κ1) is 19.0. The monoisotopic (exact) mass is 430 g/mol. The molecule has 0 aliphatic heterocycles. The second-order valence-corrected chi connectivity index (χ2v) is 7.85. The molecular weight excluding hydrogens is 415 g/mol. The lowest BCUT2D eigenvalue weighted by Gasteiger charge is -2.10. The van der Waals surface area contributed by atoms with Crippen LogP contribution in [-0.4, -0.2) is 23.2 Å². The standard InChI is InChI=1S/C21H16Cl2N2O2S/c1-13-2-4-14(5-3-13)16-11-28-21-19(16)20(24-12-25-21)27-9-8-26-18-7-6-15(22)10-17(18)23/h2-7,10-12H,8-9H2,1H3. The molecule has 28 heavy (non-hydrogen) atoms. The van der Waals surface area contributed by atoms with Crippen LogP contribution in [0.25, 0.3) is 21.3 Å². The second-order valence-electron chi connectivity index (χ2n) is 6.15. The molecule has 0 aliphatic rings. The van der Waals surface area contributed by atoms with Gasteiger partial charge in [0.2, 0.25) is 5.88 Å². The van der Waals surface area contributed by atoms with E-state index in [2.05, 4.69) is 46.5 Å². The van der Waals surface area contributed by atoms with Crippen LogP contribution in [0.4, 0.5) is 0 Å². The fraction of sp³-hybridized carbons (Fsp3) is 0.143. The molecule has 0 radical (unpaired) electrons. The Hall–Kier alpha value is -2.34. The zero-order chi connectivity index (χ0) is 19.5. The number of aryl methyl sites for hydroxylation is 1. The number of nitrogens with zero attached hydrogens (tertiary/aromatic N) is 2. The van der Waals surface area contributed by atoms with Gasteiger partial charge in [0.1, 0.15) is 30.1 Å². The van der Waals surface area contributed by atoms with Crippen LogP contribution < -0.4 is 9.47 Å². The van der Waals surface area contributed by atoms with Crippen molar-refractivity contribution in [2.45, 2.75) is 6.92 Å². The minimum Gasteiger partial charge on any atom is -0.488 e. The number of benzene rings is 2. The van der Waals surface area contributed by atoms with Gasteiger partial charge in [-0.3, -0.25) is 0 Å². The van der Waals surface area contributed by atoms with E-state index in [1.807, 2.05) is 0 Å². The summed E-state index contributed by atoms with van der Waals surface area (Å²) < 4.78 is 11.6. The van der Waals surface area contributed by atoms with Gasteiger partial charge in [-0.2, -0.15) is 0 Å². The average Bonchev–Trinajstić information content (AvgIpc) is 3.12. The van der Waals surface area contributed by atoms with Crippen molar-refractivity contribution >= 4 is 44.8 Å². The van der Waals surface area contributed by atoms with Gasteiger partial charge in [-0.15, -0.1) is 11.3 Å². The normalized spacial score (nSPS) is 11.0. The van der Waals surface area contributed by atoms with Crippen molar-refractivity contribution in [1.82, 2.24) is 9.97 Å². The van der Waals surface area contributed by atoms with Crippen LogP contribution in [0.3, 0.4) is 0 Å². The highest BCUT2D eigenvalue weighted by Gasteiger charge is 2.14. The molecule has 4 rings (SSSR count). The zero-order valence-electron chi connectivity index (χ0n) is 15.0. The Morgan fingerprint density at radius 2 is 1.75 bits per heavy atom. The largest absolute Gasteiger partial charge is 0.488 e. The number of rotatable bonds is 6. The molecule has 0 amide bonds. The molecule has 4 nitrogen and oxygen atoms in total. The van der Waals surface area contributed by atoms with Crippen molar-refractivity contribution < 1.29 is 9.47 Å². The number of thiophene rings is 1. The van der Waals surface area contributed by atoms with Crippen molar-refractivity contribution in [3.63, 3.8) is 0 Å². The molecule has 0 aliphatic carbocycles. The highest BCUT2D eigenvalue weighted by molar-refractivity contribution is 7.17. The first-order chi connectivity index (χ1) is 13.6. The fourth-order valence-corrected chi connectivity index (χ4v) is 4.15. The Labute approximate surface area is 176 Å². The molecular formula is C21H16Cl2N2O2S. The second kappa shape index (κ2) is 8.35. The fourth-order valence-electron chi connectivity index (χ4n) is 2.78. The lowest BCUT2D eigenvalue weighted by molar-refractivity contribution is 0.214. The van der Waals surface area contributed by atoms with Gasteiger partial charge >= 0.3 is 0 Å². The van der Waals surface area contributed by atoms with E-state index in [0.717, 1.165) is 21.3 Å². The summed E-state index contributed by atoms with van der Waals surface area (Å²) in [7, 11) is 0. The smallest absolute Gasteiger partial charge is 0.226 e. The summed E-state index contributed by atoms with van der Waals surface area (Å²) in [5.41, 5.74) is 3.40. The van der Waals surface area contributed by atoms with Crippen molar-refractivity contribution in [3.05, 3.63) is 69.8 Å². The van der Waals surface area contributed by atoms with Crippen LogP contribution >= 0.6 is 34.5 Å². The molecule has 0 atom stereocenters. The first-order valence-corrected chi connectivity index (χ1v) is 10.3. The third-order valence-electron chi connectivity index (χ3n) is 4.17. The predicted molar refractivity (Wildman–Crippen MR) is 115 cm³/mol. The van der Waals surface area contributed by atoms with E-state index in [0.29, 0.717) is 34.9 Å². The number of halogens is 2. The van der Waals surface area contributed by atoms with E-state index in [-0.39, 0.29) is 0 Å². The molecule has 0 unspecified atom stereocenters. The number of aromatic nitrogens is 2. The predicted octanol–water partition coefficient (Wildman–Crippen LogP) is 6.43. The zero-order valence-corrected chi connectivity index (χ0v) is 17.3. The highest BCUT2D eigenvalue weighted by Crippen LogP contribution is 2.37. The van der Waals surface area contributed by atoms with Gasteiger partial charge in [-0.1, -0.05) is 53.0 Å². The van der Waals surface area contributed by atoms with Crippen molar-refractivity contribution in [1.29, 1.82) is 0 Å². The van der Waals surface area contributed by atoms with Crippen LogP contribution in [-0.2, 0) is 0 Å². The van der Waals surface area contributed by atoms with Gasteiger partial charge in [0.15, 0.2) is 0 Å². The lowest BCUT2D eigenvalue weighted by atomic mass is 10.0. The minimum absolute atomic E-state index is 0.328. The first-order valence-electron chi connectivity index (χ1n) is 8.62. The number of hydrogen-bond donors (Lipinski definition) is 0. The Morgan fingerprint density at radius 1 is 0.964 bits per heavy atom. The maximum absolute atomic E-state index is 6.12. The summed E-state index contributed by atoms with van der Waals surface area (Å²) in [5.74, 6) is 1.12. The number of ether oxygens (including phenoxy) is 2. The topological polar surface area (TPSA) is 44.2 Å². The van der Waals surface area contributed by atoms with E-state index in [1.165, 1.54) is 11.9 Å². The summed E-state index contributed by atoms with van der Waals surface area (Å²) in [6.07, 6.45) is 1.52. The molecule has 0 saturated heterocycles. The average molecular weight is 431 g/mol. The van der Waals surface area contributed by atoms with Crippen molar-refractivity contribution in [2.75, 3.05) is 13.2 Å². The van der Waals surface area contributed by atoms with Gasteiger partial charge < -0.3 is 9.47 Å². The van der Waals surface area contributed by atoms with Gasteiger partial charge in [0.05, 0.1) is 10.4 Å². The summed E-state index contributed by atoms with van der Waals surface area (Å²) in [5, 5.41) is 4.04. The molecule has 0 spiro atoms. The van der Waals surface area contributed by atoms with E-state index < -0.39 is 0 Å². The summed E-state index contributed by atoms with van der Waals surface area (Å²) in [4.78, 5) is 9.59. The molecule has 2 aromatic heterocycles. The molecule has 2 heterocycles. The summed E-state index contributed by atoms with van der Waals surface area (Å²) in [6.45, 7) is 2.73. The Morgan fingerprint density at radius 3 is 2.54 bits per heavy atom. The molecule has 4 aromatic rings. The SMILES string of the molecule is Cc1ccc(-c2csc3ncnc(OCCOc4ccc(Cl)cc4Cl)c23)cc1. The highest BCUT2D eigenvalue weighted by atomic mass is 35.5.